The maximum atomic E-state index is 13.3. The number of phenols is 1. The highest BCUT2D eigenvalue weighted by Crippen LogP contribution is 2.52. The first-order valence-electron chi connectivity index (χ1n) is 9.49. The van der Waals surface area contributed by atoms with Crippen molar-refractivity contribution in [3.8, 4) is 5.75 Å². The molecule has 0 radical (unpaired) electrons. The molecule has 0 fully saturated rings. The van der Waals surface area contributed by atoms with E-state index in [4.69, 9.17) is 5.73 Å². The average Bonchev–Trinajstić information content (AvgIpc) is 2.64. The molecule has 0 heterocycles. The summed E-state index contributed by atoms with van der Waals surface area (Å²) in [6, 6.07) is 3.06. The molecule has 1 aromatic rings. The molecule has 9 heteroatoms. The second-order valence-electron chi connectivity index (χ2n) is 8.26. The zero-order valence-corrected chi connectivity index (χ0v) is 16.5. The van der Waals surface area contributed by atoms with Crippen molar-refractivity contribution >= 4 is 23.2 Å². The van der Waals surface area contributed by atoms with Gasteiger partial charge >= 0.3 is 0 Å². The van der Waals surface area contributed by atoms with Crippen LogP contribution < -0.4 is 10.6 Å². The molecule has 4 rings (SSSR count). The van der Waals surface area contributed by atoms with Crippen LogP contribution in [0.2, 0.25) is 0 Å². The highest BCUT2D eigenvalue weighted by atomic mass is 16.3. The van der Waals surface area contributed by atoms with Crippen molar-refractivity contribution in [1.29, 1.82) is 0 Å². The van der Waals surface area contributed by atoms with Crippen LogP contribution in [-0.2, 0) is 16.0 Å². The number of nitrogens with zero attached hydrogens (tertiary/aromatic N) is 1. The predicted octanol–water partition coefficient (Wildman–Crippen LogP) is 0.647. The molecule has 30 heavy (non-hydrogen) atoms. The van der Waals surface area contributed by atoms with Crippen molar-refractivity contribution < 1.29 is 34.8 Å². The number of phenolic OH excluding ortho intramolecular Hbond substituents is 1. The number of primary amides is 1. The molecule has 9 nitrogen and oxygen atoms in total. The fraction of sp³-hybridized carbons (Fsp3) is 0.381. The molecule has 0 spiro atoms. The molecule has 3 aliphatic carbocycles. The standard InChI is InChI=1S/C21H22N2O7/c1-23(2)11-3-4-12(24)15-10(11)6-8-5-9-7-13(25)16(20(22)29)19(28)21(9,30)18(27)14(8)17(15)26/h3-4,8-9,24-25,27,30H,5-7H2,1-2H3,(H2,22,29)/t8?,9?,21-/m1/s1. The Labute approximate surface area is 171 Å². The van der Waals surface area contributed by atoms with Crippen LogP contribution in [0, 0.1) is 11.8 Å². The molecule has 6 N–H and O–H groups in total. The van der Waals surface area contributed by atoms with Crippen LogP contribution in [-0.4, -0.2) is 57.6 Å². The van der Waals surface area contributed by atoms with E-state index in [1.54, 1.807) is 25.1 Å². The number of carbonyl (C=O) groups is 3. The van der Waals surface area contributed by atoms with Crippen molar-refractivity contribution in [2.24, 2.45) is 17.6 Å². The number of hydrogen-bond donors (Lipinski definition) is 5. The van der Waals surface area contributed by atoms with Gasteiger partial charge in [0.2, 0.25) is 5.78 Å². The first-order valence-corrected chi connectivity index (χ1v) is 9.49. The minimum atomic E-state index is -2.54. The van der Waals surface area contributed by atoms with Gasteiger partial charge in [0.15, 0.2) is 11.4 Å². The summed E-state index contributed by atoms with van der Waals surface area (Å²) in [6.45, 7) is 0. The van der Waals surface area contributed by atoms with Gasteiger partial charge < -0.3 is 31.1 Å². The lowest BCUT2D eigenvalue weighted by Gasteiger charge is -2.45. The van der Waals surface area contributed by atoms with E-state index < -0.39 is 52.0 Å². The average molecular weight is 414 g/mol. The van der Waals surface area contributed by atoms with Gasteiger partial charge in [0, 0.05) is 37.7 Å². The van der Waals surface area contributed by atoms with Gasteiger partial charge in [-0.15, -0.1) is 0 Å². The number of amides is 1. The molecule has 1 amide bonds. The number of hydrogen-bond acceptors (Lipinski definition) is 8. The fourth-order valence-electron chi connectivity index (χ4n) is 5.02. The summed E-state index contributed by atoms with van der Waals surface area (Å²) in [5, 5.41) is 42.6. The molecule has 3 atom stereocenters. The Balaban J connectivity index is 1.92. The lowest BCUT2D eigenvalue weighted by molar-refractivity contribution is -0.144. The summed E-state index contributed by atoms with van der Waals surface area (Å²) in [5.74, 6) is -6.24. The van der Waals surface area contributed by atoms with Crippen LogP contribution in [0.5, 0.6) is 5.75 Å². The van der Waals surface area contributed by atoms with Crippen molar-refractivity contribution in [3.63, 3.8) is 0 Å². The largest absolute Gasteiger partial charge is 0.511 e. The first-order chi connectivity index (χ1) is 14.0. The van der Waals surface area contributed by atoms with E-state index in [2.05, 4.69) is 0 Å². The quantitative estimate of drug-likeness (QED) is 0.441. The number of nitrogens with two attached hydrogens (primary N) is 1. The van der Waals surface area contributed by atoms with Crippen LogP contribution in [0.25, 0.3) is 0 Å². The van der Waals surface area contributed by atoms with Gasteiger partial charge in [-0.1, -0.05) is 0 Å². The topological polar surface area (TPSA) is 161 Å². The fourth-order valence-corrected chi connectivity index (χ4v) is 5.02. The van der Waals surface area contributed by atoms with Gasteiger partial charge in [0.25, 0.3) is 5.91 Å². The maximum Gasteiger partial charge on any atom is 0.255 e. The SMILES string of the molecule is CN(C)c1ccc(O)c2c1CC1CC3CC(O)=C(C(N)=O)C(=O)[C@]3(O)C(O)=C1C2=O. The predicted molar refractivity (Wildman–Crippen MR) is 105 cm³/mol. The van der Waals surface area contributed by atoms with Gasteiger partial charge in [-0.3, -0.25) is 14.4 Å². The molecule has 0 bridgehead atoms. The Morgan fingerprint density at radius 3 is 2.43 bits per heavy atom. The van der Waals surface area contributed by atoms with Crippen LogP contribution in [0.4, 0.5) is 5.69 Å². The summed E-state index contributed by atoms with van der Waals surface area (Å²) in [4.78, 5) is 39.6. The molecule has 0 aliphatic heterocycles. The lowest BCUT2D eigenvalue weighted by Crippen LogP contribution is -2.57. The van der Waals surface area contributed by atoms with Crippen molar-refractivity contribution in [1.82, 2.24) is 0 Å². The second kappa shape index (κ2) is 6.33. The van der Waals surface area contributed by atoms with Gasteiger partial charge in [0.05, 0.1) is 5.56 Å². The third kappa shape index (κ3) is 2.41. The summed E-state index contributed by atoms with van der Waals surface area (Å²) in [6.07, 6.45) is 0.164. The van der Waals surface area contributed by atoms with Crippen molar-refractivity contribution in [3.05, 3.63) is 45.9 Å². The van der Waals surface area contributed by atoms with Gasteiger partial charge in [-0.2, -0.15) is 0 Å². The maximum absolute atomic E-state index is 13.3. The molecule has 158 valence electrons. The summed E-state index contributed by atoms with van der Waals surface area (Å²) in [5.41, 5.74) is 3.05. The Hall–Kier alpha value is -3.33. The number of aliphatic hydroxyl groups excluding tert-OH is 2. The Kier molecular flexibility index (Phi) is 4.21. The molecule has 0 saturated carbocycles. The number of carbonyl (C=O) groups excluding carboxylic acids is 3. The smallest absolute Gasteiger partial charge is 0.255 e. The molecule has 2 unspecified atom stereocenters. The van der Waals surface area contributed by atoms with Gasteiger partial charge in [-0.25, -0.2) is 0 Å². The highest BCUT2D eigenvalue weighted by molar-refractivity contribution is 6.24. The number of fused-ring (bicyclic) bond motifs is 3. The minimum Gasteiger partial charge on any atom is -0.511 e. The monoisotopic (exact) mass is 414 g/mol. The van der Waals surface area contributed by atoms with E-state index in [9.17, 15) is 34.8 Å². The summed E-state index contributed by atoms with van der Waals surface area (Å²) < 4.78 is 0. The van der Waals surface area contributed by atoms with E-state index in [1.807, 2.05) is 0 Å². The Bertz CT molecular complexity index is 1090. The molecule has 1 aromatic carbocycles. The Morgan fingerprint density at radius 1 is 1.17 bits per heavy atom. The highest BCUT2D eigenvalue weighted by Gasteiger charge is 2.59. The molecule has 3 aliphatic rings. The minimum absolute atomic E-state index is 0.0119. The zero-order valence-electron chi connectivity index (χ0n) is 16.5. The number of rotatable bonds is 2. The zero-order chi connectivity index (χ0) is 22.1. The van der Waals surface area contributed by atoms with E-state index in [0.29, 0.717) is 5.56 Å². The van der Waals surface area contributed by atoms with Crippen LogP contribution >= 0.6 is 0 Å². The third-order valence-corrected chi connectivity index (χ3v) is 6.40. The van der Waals surface area contributed by atoms with Crippen LogP contribution in [0.15, 0.2) is 34.8 Å². The molecule has 0 saturated heterocycles. The normalized spacial score (nSPS) is 28.1. The molecular weight excluding hydrogens is 392 g/mol. The number of Topliss-reactive ketones (excluding diaryl/α,β-unsaturated/α-hetero) is 2. The van der Waals surface area contributed by atoms with Crippen LogP contribution in [0.1, 0.15) is 28.8 Å². The molecule has 0 aromatic heterocycles. The number of anilines is 1. The first kappa shape index (κ1) is 20.0. The number of ketones is 2. The molecular formula is C21H22N2O7. The van der Waals surface area contributed by atoms with E-state index in [-0.39, 0.29) is 36.1 Å². The van der Waals surface area contributed by atoms with Gasteiger partial charge in [-0.05, 0) is 36.5 Å². The van der Waals surface area contributed by atoms with Crippen molar-refractivity contribution in [2.45, 2.75) is 24.9 Å². The van der Waals surface area contributed by atoms with E-state index in [0.717, 1.165) is 5.69 Å². The van der Waals surface area contributed by atoms with E-state index >= 15 is 0 Å². The second-order valence-corrected chi connectivity index (χ2v) is 8.26. The van der Waals surface area contributed by atoms with Crippen molar-refractivity contribution in [2.75, 3.05) is 19.0 Å². The third-order valence-electron chi connectivity index (χ3n) is 6.40. The summed E-state index contributed by atoms with van der Waals surface area (Å²) in [7, 11) is 3.60. The van der Waals surface area contributed by atoms with E-state index in [1.165, 1.54) is 6.07 Å². The Morgan fingerprint density at radius 2 is 1.83 bits per heavy atom. The number of allylic oxidation sites excluding steroid dienone is 2. The number of aliphatic hydroxyl groups is 3. The van der Waals surface area contributed by atoms with Crippen LogP contribution in [0.3, 0.4) is 0 Å². The number of benzene rings is 1. The van der Waals surface area contributed by atoms with Gasteiger partial charge in [0.1, 0.15) is 22.8 Å². The number of aromatic hydroxyl groups is 1. The summed E-state index contributed by atoms with van der Waals surface area (Å²) >= 11 is 0. The lowest BCUT2D eigenvalue weighted by atomic mass is 9.60.